The van der Waals surface area contributed by atoms with Crippen LogP contribution in [-0.4, -0.2) is 14.9 Å². The summed E-state index contributed by atoms with van der Waals surface area (Å²) in [5, 5.41) is 14.5. The lowest BCUT2D eigenvalue weighted by Crippen LogP contribution is -2.13. The molecule has 0 unspecified atom stereocenters. The Bertz CT molecular complexity index is 711. The fourth-order valence-corrected chi connectivity index (χ4v) is 2.08. The number of anilines is 3. The standard InChI is InChI=1S/C11H10BrClN6O2/c1-5-9(19(20)21)10(17-11(15-5)18-14)16-6-2-3-7(12)8(13)4-6/h2-4H,14H2,1H3,(H2,15,16,17,18). The van der Waals surface area contributed by atoms with Gasteiger partial charge in [-0.25, -0.2) is 10.8 Å². The normalized spacial score (nSPS) is 10.3. The van der Waals surface area contributed by atoms with Crippen LogP contribution in [0.25, 0.3) is 0 Å². The topological polar surface area (TPSA) is 119 Å². The molecule has 21 heavy (non-hydrogen) atoms. The highest BCUT2D eigenvalue weighted by Gasteiger charge is 2.22. The summed E-state index contributed by atoms with van der Waals surface area (Å²) in [6.45, 7) is 1.50. The zero-order chi connectivity index (χ0) is 15.6. The quantitative estimate of drug-likeness (QED) is 0.428. The van der Waals surface area contributed by atoms with Gasteiger partial charge in [-0.1, -0.05) is 11.6 Å². The largest absolute Gasteiger partial charge is 0.334 e. The van der Waals surface area contributed by atoms with Crippen LogP contribution in [0, 0.1) is 17.0 Å². The summed E-state index contributed by atoms with van der Waals surface area (Å²) in [7, 11) is 0. The second-order valence-electron chi connectivity index (χ2n) is 3.99. The summed E-state index contributed by atoms with van der Waals surface area (Å²) >= 11 is 9.25. The van der Waals surface area contributed by atoms with Crippen LogP contribution in [0.3, 0.4) is 0 Å². The smallest absolute Gasteiger partial charge is 0.332 e. The van der Waals surface area contributed by atoms with Crippen LogP contribution < -0.4 is 16.6 Å². The average Bonchev–Trinajstić information content (AvgIpc) is 2.41. The highest BCUT2D eigenvalue weighted by atomic mass is 79.9. The van der Waals surface area contributed by atoms with Crippen molar-refractivity contribution < 1.29 is 4.92 Å². The van der Waals surface area contributed by atoms with Gasteiger partial charge in [0, 0.05) is 10.2 Å². The summed E-state index contributed by atoms with van der Waals surface area (Å²) in [6, 6.07) is 5.03. The lowest BCUT2D eigenvalue weighted by molar-refractivity contribution is -0.385. The number of nitrogens with two attached hydrogens (primary N) is 1. The van der Waals surface area contributed by atoms with Gasteiger partial charge < -0.3 is 5.32 Å². The second-order valence-corrected chi connectivity index (χ2v) is 5.25. The van der Waals surface area contributed by atoms with Crippen molar-refractivity contribution in [1.29, 1.82) is 0 Å². The first-order valence-corrected chi connectivity index (χ1v) is 6.81. The van der Waals surface area contributed by atoms with Crippen LogP contribution in [0.5, 0.6) is 0 Å². The molecule has 0 saturated carbocycles. The maximum atomic E-state index is 11.2. The Balaban J connectivity index is 2.48. The summed E-state index contributed by atoms with van der Waals surface area (Å²) in [5.41, 5.74) is 2.77. The lowest BCUT2D eigenvalue weighted by atomic mass is 10.3. The second kappa shape index (κ2) is 6.20. The Hall–Kier alpha value is -1.97. The maximum Gasteiger partial charge on any atom is 0.332 e. The van der Waals surface area contributed by atoms with Gasteiger partial charge in [-0.3, -0.25) is 15.5 Å². The third-order valence-corrected chi connectivity index (χ3v) is 3.78. The molecule has 0 bridgehead atoms. The molecular weight excluding hydrogens is 364 g/mol. The van der Waals surface area contributed by atoms with Gasteiger partial charge in [0.15, 0.2) is 0 Å². The number of hydrazine groups is 1. The molecular formula is C11H10BrClN6O2. The predicted octanol–water partition coefficient (Wildman–Crippen LogP) is 3.14. The number of nitrogens with zero attached hydrogens (tertiary/aromatic N) is 3. The van der Waals surface area contributed by atoms with Gasteiger partial charge in [0.1, 0.15) is 5.69 Å². The number of rotatable bonds is 4. The summed E-state index contributed by atoms with van der Waals surface area (Å²) in [6.07, 6.45) is 0. The summed E-state index contributed by atoms with van der Waals surface area (Å²) in [4.78, 5) is 18.4. The van der Waals surface area contributed by atoms with E-state index in [2.05, 4.69) is 36.6 Å². The Morgan fingerprint density at radius 1 is 1.43 bits per heavy atom. The highest BCUT2D eigenvalue weighted by molar-refractivity contribution is 9.10. The Morgan fingerprint density at radius 2 is 2.14 bits per heavy atom. The van der Waals surface area contributed by atoms with Crippen molar-refractivity contribution >= 4 is 50.7 Å². The summed E-state index contributed by atoms with van der Waals surface area (Å²) < 4.78 is 0.715. The Kier molecular flexibility index (Phi) is 4.56. The van der Waals surface area contributed by atoms with Crippen molar-refractivity contribution in [1.82, 2.24) is 9.97 Å². The van der Waals surface area contributed by atoms with E-state index in [4.69, 9.17) is 17.4 Å². The molecule has 10 heteroatoms. The van der Waals surface area contributed by atoms with E-state index in [1.165, 1.54) is 6.92 Å². The van der Waals surface area contributed by atoms with Gasteiger partial charge >= 0.3 is 5.69 Å². The Labute approximate surface area is 133 Å². The van der Waals surface area contributed by atoms with Gasteiger partial charge in [0.05, 0.1) is 9.95 Å². The molecule has 1 aromatic heterocycles. The zero-order valence-electron chi connectivity index (χ0n) is 10.7. The number of aromatic nitrogens is 2. The van der Waals surface area contributed by atoms with Crippen molar-refractivity contribution in [3.63, 3.8) is 0 Å². The van der Waals surface area contributed by atoms with E-state index in [1.54, 1.807) is 18.2 Å². The molecule has 0 saturated heterocycles. The van der Waals surface area contributed by atoms with Crippen LogP contribution in [0.15, 0.2) is 22.7 Å². The van der Waals surface area contributed by atoms with E-state index in [-0.39, 0.29) is 23.1 Å². The molecule has 0 radical (unpaired) electrons. The van der Waals surface area contributed by atoms with Crippen LogP contribution >= 0.6 is 27.5 Å². The molecule has 0 aliphatic rings. The molecule has 0 amide bonds. The van der Waals surface area contributed by atoms with Crippen molar-refractivity contribution in [2.75, 3.05) is 10.7 Å². The first kappa shape index (κ1) is 15.4. The molecule has 1 aromatic carbocycles. The van der Waals surface area contributed by atoms with Gasteiger partial charge in [0.25, 0.3) is 0 Å². The van der Waals surface area contributed by atoms with E-state index in [0.29, 0.717) is 15.2 Å². The zero-order valence-corrected chi connectivity index (χ0v) is 13.1. The molecule has 0 fully saturated rings. The lowest BCUT2D eigenvalue weighted by Gasteiger charge is -2.10. The number of nitrogen functional groups attached to an aromatic ring is 1. The molecule has 4 N–H and O–H groups in total. The van der Waals surface area contributed by atoms with E-state index < -0.39 is 4.92 Å². The molecule has 8 nitrogen and oxygen atoms in total. The van der Waals surface area contributed by atoms with Crippen LogP contribution in [0.2, 0.25) is 5.02 Å². The minimum absolute atomic E-state index is 0.0267. The minimum Gasteiger partial charge on any atom is -0.334 e. The highest BCUT2D eigenvalue weighted by Crippen LogP contribution is 2.31. The van der Waals surface area contributed by atoms with Gasteiger partial charge in [-0.05, 0) is 41.1 Å². The van der Waals surface area contributed by atoms with Crippen molar-refractivity contribution in [2.24, 2.45) is 5.84 Å². The number of aryl methyl sites for hydroxylation is 1. The number of hydrogen-bond acceptors (Lipinski definition) is 7. The molecule has 0 aliphatic heterocycles. The first-order valence-electron chi connectivity index (χ1n) is 5.64. The van der Waals surface area contributed by atoms with Crippen molar-refractivity contribution in [3.8, 4) is 0 Å². The van der Waals surface area contributed by atoms with E-state index >= 15 is 0 Å². The molecule has 0 spiro atoms. The third kappa shape index (κ3) is 3.38. The SMILES string of the molecule is Cc1nc(NN)nc(Nc2ccc(Br)c(Cl)c2)c1[N+](=O)[O-]. The molecule has 2 rings (SSSR count). The Morgan fingerprint density at radius 3 is 2.71 bits per heavy atom. The summed E-state index contributed by atoms with van der Waals surface area (Å²) in [5.74, 6) is 5.35. The monoisotopic (exact) mass is 372 g/mol. The third-order valence-electron chi connectivity index (χ3n) is 2.55. The molecule has 0 aliphatic carbocycles. The number of hydrogen-bond donors (Lipinski definition) is 3. The van der Waals surface area contributed by atoms with Gasteiger partial charge in [-0.2, -0.15) is 4.98 Å². The molecule has 110 valence electrons. The van der Waals surface area contributed by atoms with Crippen molar-refractivity contribution in [2.45, 2.75) is 6.92 Å². The molecule has 0 atom stereocenters. The van der Waals surface area contributed by atoms with Gasteiger partial charge in [0.2, 0.25) is 11.8 Å². The van der Waals surface area contributed by atoms with E-state index in [0.717, 1.165) is 0 Å². The fraction of sp³-hybridized carbons (Fsp3) is 0.0909. The number of nitro groups is 1. The van der Waals surface area contributed by atoms with Crippen LogP contribution in [0.4, 0.5) is 23.1 Å². The van der Waals surface area contributed by atoms with Crippen molar-refractivity contribution in [3.05, 3.63) is 43.5 Å². The predicted molar refractivity (Wildman–Crippen MR) is 83.7 cm³/mol. The molecule has 2 aromatic rings. The first-order chi connectivity index (χ1) is 9.92. The fourth-order valence-electron chi connectivity index (χ4n) is 1.65. The average molecular weight is 374 g/mol. The number of nitrogens with one attached hydrogen (secondary N) is 2. The van der Waals surface area contributed by atoms with E-state index in [9.17, 15) is 10.1 Å². The number of benzene rings is 1. The maximum absolute atomic E-state index is 11.2. The van der Waals surface area contributed by atoms with Gasteiger partial charge in [-0.15, -0.1) is 0 Å². The number of halogens is 2. The van der Waals surface area contributed by atoms with Crippen LogP contribution in [-0.2, 0) is 0 Å². The minimum atomic E-state index is -0.557. The molecule has 1 heterocycles. The van der Waals surface area contributed by atoms with E-state index in [1.807, 2.05) is 0 Å². The van der Waals surface area contributed by atoms with Crippen LogP contribution in [0.1, 0.15) is 5.69 Å².